The van der Waals surface area contributed by atoms with E-state index in [2.05, 4.69) is 4.98 Å². The van der Waals surface area contributed by atoms with Crippen molar-refractivity contribution >= 4 is 5.97 Å². The van der Waals surface area contributed by atoms with Crippen molar-refractivity contribution in [3.63, 3.8) is 0 Å². The number of carbonyl (C=O) groups is 1. The van der Waals surface area contributed by atoms with Crippen molar-refractivity contribution in [1.82, 2.24) is 4.98 Å². The van der Waals surface area contributed by atoms with Crippen LogP contribution in [0.4, 0.5) is 8.78 Å². The number of hydrogen-bond donors (Lipinski definition) is 1. The van der Waals surface area contributed by atoms with Crippen LogP contribution in [0, 0.1) is 11.6 Å². The minimum Gasteiger partial charge on any atom is -0.478 e. The van der Waals surface area contributed by atoms with Gasteiger partial charge in [-0.25, -0.2) is 13.6 Å². The van der Waals surface area contributed by atoms with Crippen LogP contribution in [0.5, 0.6) is 0 Å². The van der Waals surface area contributed by atoms with E-state index < -0.39 is 23.2 Å². The summed E-state index contributed by atoms with van der Waals surface area (Å²) in [6, 6.07) is 4.67. The normalized spacial score (nSPS) is 10.2. The van der Waals surface area contributed by atoms with Gasteiger partial charge in [0.05, 0.1) is 5.56 Å². The van der Waals surface area contributed by atoms with Gasteiger partial charge in [0.15, 0.2) is 0 Å². The molecule has 0 spiro atoms. The highest BCUT2D eigenvalue weighted by molar-refractivity contribution is 5.88. The molecule has 0 radical (unpaired) electrons. The molecule has 0 fully saturated rings. The predicted molar refractivity (Wildman–Crippen MR) is 56.5 cm³/mol. The summed E-state index contributed by atoms with van der Waals surface area (Å²) < 4.78 is 27.0. The van der Waals surface area contributed by atoms with Crippen LogP contribution in [-0.4, -0.2) is 16.1 Å². The molecule has 17 heavy (non-hydrogen) atoms. The van der Waals surface area contributed by atoms with E-state index in [4.69, 9.17) is 5.11 Å². The highest BCUT2D eigenvalue weighted by Crippen LogP contribution is 2.24. The van der Waals surface area contributed by atoms with Gasteiger partial charge >= 0.3 is 5.97 Å². The maximum absolute atomic E-state index is 13.6. The Morgan fingerprint density at radius 3 is 2.59 bits per heavy atom. The van der Waals surface area contributed by atoms with Crippen LogP contribution in [-0.2, 0) is 0 Å². The van der Waals surface area contributed by atoms with Crippen molar-refractivity contribution in [1.29, 1.82) is 0 Å². The Bertz CT molecular complexity index is 570. The maximum atomic E-state index is 13.6. The molecule has 5 heteroatoms. The third-order valence-electron chi connectivity index (χ3n) is 2.26. The number of aromatic carboxylic acids is 1. The summed E-state index contributed by atoms with van der Waals surface area (Å²) in [7, 11) is 0. The van der Waals surface area contributed by atoms with Crippen LogP contribution in [0.3, 0.4) is 0 Å². The average Bonchev–Trinajstić information content (AvgIpc) is 2.32. The molecule has 0 saturated carbocycles. The van der Waals surface area contributed by atoms with Crippen LogP contribution >= 0.6 is 0 Å². The number of benzene rings is 1. The van der Waals surface area contributed by atoms with Crippen LogP contribution < -0.4 is 0 Å². The van der Waals surface area contributed by atoms with Gasteiger partial charge in [0.1, 0.15) is 11.6 Å². The molecule has 2 aromatic rings. The van der Waals surface area contributed by atoms with E-state index in [1.807, 2.05) is 0 Å². The van der Waals surface area contributed by atoms with Gasteiger partial charge in [0.2, 0.25) is 0 Å². The Labute approximate surface area is 95.4 Å². The van der Waals surface area contributed by atoms with Crippen molar-refractivity contribution in [2.24, 2.45) is 0 Å². The van der Waals surface area contributed by atoms with E-state index in [-0.39, 0.29) is 5.56 Å². The lowest BCUT2D eigenvalue weighted by Crippen LogP contribution is -2.02. The molecule has 1 aromatic carbocycles. The summed E-state index contributed by atoms with van der Waals surface area (Å²) >= 11 is 0. The zero-order valence-electron chi connectivity index (χ0n) is 8.52. The molecular formula is C12H7F2NO2. The topological polar surface area (TPSA) is 50.2 Å². The van der Waals surface area contributed by atoms with Gasteiger partial charge in [-0.1, -0.05) is 6.07 Å². The third kappa shape index (κ3) is 2.13. The van der Waals surface area contributed by atoms with Crippen LogP contribution in [0.25, 0.3) is 11.1 Å². The van der Waals surface area contributed by atoms with Gasteiger partial charge in [0, 0.05) is 23.5 Å². The fourth-order valence-corrected chi connectivity index (χ4v) is 1.45. The van der Waals surface area contributed by atoms with Gasteiger partial charge < -0.3 is 5.11 Å². The number of nitrogens with zero attached hydrogens (tertiary/aromatic N) is 1. The number of carboxylic acid groups (broad SMARTS) is 1. The Hall–Kier alpha value is -2.30. The van der Waals surface area contributed by atoms with Crippen molar-refractivity contribution in [2.75, 3.05) is 0 Å². The van der Waals surface area contributed by atoms with Crippen LogP contribution in [0.15, 0.2) is 36.7 Å². The fraction of sp³-hybridized carbons (Fsp3) is 0. The highest BCUT2D eigenvalue weighted by atomic mass is 19.1. The summed E-state index contributed by atoms with van der Waals surface area (Å²) in [4.78, 5) is 14.4. The molecule has 1 N–H and O–H groups in total. The van der Waals surface area contributed by atoms with E-state index in [0.29, 0.717) is 11.6 Å². The Morgan fingerprint density at radius 2 is 2.00 bits per heavy atom. The fourth-order valence-electron chi connectivity index (χ4n) is 1.45. The summed E-state index contributed by atoms with van der Waals surface area (Å²) in [6.07, 6.45) is 2.88. The zero-order valence-corrected chi connectivity index (χ0v) is 8.52. The van der Waals surface area contributed by atoms with E-state index >= 15 is 0 Å². The molecule has 1 aromatic heterocycles. The molecular weight excluding hydrogens is 228 g/mol. The molecule has 0 unspecified atom stereocenters. The molecule has 1 heterocycles. The quantitative estimate of drug-likeness (QED) is 0.870. The number of aromatic nitrogens is 1. The maximum Gasteiger partial charge on any atom is 0.338 e. The van der Waals surface area contributed by atoms with Crippen LogP contribution in [0.1, 0.15) is 10.4 Å². The summed E-state index contributed by atoms with van der Waals surface area (Å²) in [5.74, 6) is -3.27. The van der Waals surface area contributed by atoms with Gasteiger partial charge in [0.25, 0.3) is 0 Å². The number of rotatable bonds is 2. The SMILES string of the molecule is O=C(O)c1cc(F)c(-c2cccnc2)cc1F. The highest BCUT2D eigenvalue weighted by Gasteiger charge is 2.15. The lowest BCUT2D eigenvalue weighted by molar-refractivity contribution is 0.0691. The first kappa shape index (κ1) is 11.2. The molecule has 86 valence electrons. The van der Waals surface area contributed by atoms with Crippen LogP contribution in [0.2, 0.25) is 0 Å². The smallest absolute Gasteiger partial charge is 0.338 e. The minimum atomic E-state index is -1.50. The van der Waals surface area contributed by atoms with Gasteiger partial charge in [-0.2, -0.15) is 0 Å². The number of carboxylic acids is 1. The van der Waals surface area contributed by atoms with E-state index in [1.54, 1.807) is 12.1 Å². The van der Waals surface area contributed by atoms with Gasteiger partial charge in [-0.3, -0.25) is 4.98 Å². The largest absolute Gasteiger partial charge is 0.478 e. The third-order valence-corrected chi connectivity index (χ3v) is 2.26. The molecule has 0 atom stereocenters. The molecule has 2 rings (SSSR count). The number of hydrogen-bond acceptors (Lipinski definition) is 2. The first-order chi connectivity index (χ1) is 8.09. The number of halogens is 2. The van der Waals surface area contributed by atoms with Gasteiger partial charge in [-0.15, -0.1) is 0 Å². The second kappa shape index (κ2) is 4.29. The average molecular weight is 235 g/mol. The molecule has 0 aliphatic rings. The van der Waals surface area contributed by atoms with Gasteiger partial charge in [-0.05, 0) is 18.2 Å². The molecule has 0 aliphatic heterocycles. The Morgan fingerprint density at radius 1 is 1.24 bits per heavy atom. The lowest BCUT2D eigenvalue weighted by Gasteiger charge is -2.05. The molecule has 0 saturated heterocycles. The van der Waals surface area contributed by atoms with E-state index in [1.165, 1.54) is 12.4 Å². The molecule has 0 bridgehead atoms. The first-order valence-corrected chi connectivity index (χ1v) is 4.72. The molecule has 0 aliphatic carbocycles. The predicted octanol–water partition coefficient (Wildman–Crippen LogP) is 2.73. The first-order valence-electron chi connectivity index (χ1n) is 4.72. The van der Waals surface area contributed by atoms with E-state index in [0.717, 1.165) is 6.07 Å². The van der Waals surface area contributed by atoms with Crippen molar-refractivity contribution in [2.45, 2.75) is 0 Å². The summed E-state index contributed by atoms with van der Waals surface area (Å²) in [5, 5.41) is 8.63. The van der Waals surface area contributed by atoms with Crippen molar-refractivity contribution < 1.29 is 18.7 Å². The van der Waals surface area contributed by atoms with Crippen molar-refractivity contribution in [3.8, 4) is 11.1 Å². The zero-order chi connectivity index (χ0) is 12.4. The second-order valence-corrected chi connectivity index (χ2v) is 3.36. The van der Waals surface area contributed by atoms with Crippen molar-refractivity contribution in [3.05, 3.63) is 53.9 Å². The summed E-state index contributed by atoms with van der Waals surface area (Å²) in [5.41, 5.74) is -0.309. The standard InChI is InChI=1S/C12H7F2NO2/c13-10-5-9(12(16)17)11(14)4-8(10)7-2-1-3-15-6-7/h1-6H,(H,16,17). The van der Waals surface area contributed by atoms with E-state index in [9.17, 15) is 13.6 Å². The Kier molecular flexibility index (Phi) is 2.82. The summed E-state index contributed by atoms with van der Waals surface area (Å²) in [6.45, 7) is 0. The monoisotopic (exact) mass is 235 g/mol. The molecule has 3 nitrogen and oxygen atoms in total. The number of pyridine rings is 1. The Balaban J connectivity index is 2.58. The lowest BCUT2D eigenvalue weighted by atomic mass is 10.0. The minimum absolute atomic E-state index is 0.0133. The molecule has 0 amide bonds. The second-order valence-electron chi connectivity index (χ2n) is 3.36.